The topological polar surface area (TPSA) is 66.8 Å². The third-order valence-electron chi connectivity index (χ3n) is 3.23. The van der Waals surface area contributed by atoms with Crippen LogP contribution in [-0.4, -0.2) is 16.2 Å². The van der Waals surface area contributed by atoms with Crippen molar-refractivity contribution >= 4 is 5.97 Å². The lowest BCUT2D eigenvalue weighted by atomic mass is 10.1. The molecule has 0 saturated heterocycles. The zero-order valence-corrected chi connectivity index (χ0v) is 11.9. The molecule has 0 amide bonds. The van der Waals surface area contributed by atoms with Gasteiger partial charge in [0.25, 0.3) is 0 Å². The van der Waals surface area contributed by atoms with Crippen LogP contribution in [0.4, 0.5) is 0 Å². The minimum Gasteiger partial charge on any atom is -0.508 e. The van der Waals surface area contributed by atoms with Gasteiger partial charge in [0, 0.05) is 5.56 Å². The Kier molecular flexibility index (Phi) is 4.82. The predicted molar refractivity (Wildman–Crippen MR) is 80.2 cm³/mol. The molecule has 0 aliphatic carbocycles. The highest BCUT2D eigenvalue weighted by molar-refractivity contribution is 5.90. The van der Waals surface area contributed by atoms with Crippen molar-refractivity contribution in [1.29, 1.82) is 0 Å². The van der Waals surface area contributed by atoms with Gasteiger partial charge in [0.2, 0.25) is 0 Å². The van der Waals surface area contributed by atoms with Crippen molar-refractivity contribution in [3.63, 3.8) is 0 Å². The van der Waals surface area contributed by atoms with E-state index in [1.54, 1.807) is 36.4 Å². The third-order valence-corrected chi connectivity index (χ3v) is 3.23. The van der Waals surface area contributed by atoms with Crippen molar-refractivity contribution < 1.29 is 19.7 Å². The van der Waals surface area contributed by atoms with E-state index in [4.69, 9.17) is 4.74 Å². The van der Waals surface area contributed by atoms with Crippen LogP contribution in [0, 0.1) is 0 Å². The van der Waals surface area contributed by atoms with Crippen molar-refractivity contribution in [2.45, 2.75) is 26.2 Å². The lowest BCUT2D eigenvalue weighted by molar-refractivity contribution is 0.0694. The Morgan fingerprint density at radius 1 is 1.10 bits per heavy atom. The number of carbonyl (C=O) groups is 1. The maximum atomic E-state index is 11.2. The lowest BCUT2D eigenvalue weighted by Gasteiger charge is -2.13. The molecule has 0 saturated carbocycles. The molecule has 2 aromatic carbocycles. The van der Waals surface area contributed by atoms with Crippen LogP contribution in [0.5, 0.6) is 17.2 Å². The Morgan fingerprint density at radius 2 is 1.81 bits per heavy atom. The molecule has 4 nitrogen and oxygen atoms in total. The molecule has 2 N–H and O–H groups in total. The van der Waals surface area contributed by atoms with E-state index < -0.39 is 5.97 Å². The van der Waals surface area contributed by atoms with Gasteiger partial charge in [-0.05, 0) is 37.1 Å². The molecule has 110 valence electrons. The Balaban J connectivity index is 2.36. The first kappa shape index (κ1) is 14.9. The van der Waals surface area contributed by atoms with Crippen molar-refractivity contribution in [2.24, 2.45) is 0 Å². The molecule has 0 bridgehead atoms. The average Bonchev–Trinajstić information content (AvgIpc) is 2.47. The number of aromatic hydroxyl groups is 1. The molecule has 0 spiro atoms. The summed E-state index contributed by atoms with van der Waals surface area (Å²) in [7, 11) is 0. The number of para-hydroxylation sites is 1. The first-order valence-electron chi connectivity index (χ1n) is 6.94. The van der Waals surface area contributed by atoms with Crippen LogP contribution in [0.2, 0.25) is 0 Å². The van der Waals surface area contributed by atoms with E-state index in [-0.39, 0.29) is 17.1 Å². The van der Waals surface area contributed by atoms with Crippen molar-refractivity contribution in [2.75, 3.05) is 0 Å². The van der Waals surface area contributed by atoms with Gasteiger partial charge in [-0.3, -0.25) is 0 Å². The molecule has 0 aromatic heterocycles. The first-order chi connectivity index (χ1) is 10.1. The number of ether oxygens (including phenoxy) is 1. The van der Waals surface area contributed by atoms with E-state index >= 15 is 0 Å². The second-order valence-corrected chi connectivity index (χ2v) is 4.76. The SMILES string of the molecule is CCCCc1c(O)cccc1Oc1ccccc1C(=O)O. The highest BCUT2D eigenvalue weighted by Gasteiger charge is 2.14. The van der Waals surface area contributed by atoms with Crippen LogP contribution in [0.15, 0.2) is 42.5 Å². The van der Waals surface area contributed by atoms with Crippen LogP contribution in [0.1, 0.15) is 35.7 Å². The summed E-state index contributed by atoms with van der Waals surface area (Å²) in [4.78, 5) is 11.2. The summed E-state index contributed by atoms with van der Waals surface area (Å²) in [5.41, 5.74) is 0.807. The van der Waals surface area contributed by atoms with Crippen molar-refractivity contribution in [3.8, 4) is 17.2 Å². The van der Waals surface area contributed by atoms with E-state index in [0.717, 1.165) is 12.8 Å². The molecule has 4 heteroatoms. The molecule has 0 aliphatic rings. The number of aromatic carboxylic acids is 1. The van der Waals surface area contributed by atoms with E-state index in [0.29, 0.717) is 17.7 Å². The Morgan fingerprint density at radius 3 is 2.52 bits per heavy atom. The highest BCUT2D eigenvalue weighted by Crippen LogP contribution is 2.33. The van der Waals surface area contributed by atoms with Gasteiger partial charge in [-0.15, -0.1) is 0 Å². The normalized spacial score (nSPS) is 10.3. The number of phenols is 1. The second-order valence-electron chi connectivity index (χ2n) is 4.76. The monoisotopic (exact) mass is 286 g/mol. The van der Waals surface area contributed by atoms with Crippen LogP contribution in [0.25, 0.3) is 0 Å². The lowest BCUT2D eigenvalue weighted by Crippen LogP contribution is -2.01. The molecule has 0 unspecified atom stereocenters. The molecular weight excluding hydrogens is 268 g/mol. The maximum absolute atomic E-state index is 11.2. The quantitative estimate of drug-likeness (QED) is 0.834. The van der Waals surface area contributed by atoms with Crippen LogP contribution < -0.4 is 4.74 Å². The Hall–Kier alpha value is -2.49. The number of carboxylic acids is 1. The number of carboxylic acid groups (broad SMARTS) is 1. The first-order valence-corrected chi connectivity index (χ1v) is 6.94. The average molecular weight is 286 g/mol. The van der Waals surface area contributed by atoms with Gasteiger partial charge in [0.05, 0.1) is 0 Å². The van der Waals surface area contributed by atoms with Crippen LogP contribution in [0.3, 0.4) is 0 Å². The molecule has 0 heterocycles. The summed E-state index contributed by atoms with van der Waals surface area (Å²) in [5.74, 6) is -0.0971. The van der Waals surface area contributed by atoms with Gasteiger partial charge in [-0.2, -0.15) is 0 Å². The van der Waals surface area contributed by atoms with Gasteiger partial charge < -0.3 is 14.9 Å². The summed E-state index contributed by atoms with van der Waals surface area (Å²) in [6.07, 6.45) is 2.61. The molecule has 2 rings (SSSR count). The molecule has 0 radical (unpaired) electrons. The summed E-state index contributed by atoms with van der Waals surface area (Å²) in [6.45, 7) is 2.07. The zero-order valence-electron chi connectivity index (χ0n) is 11.9. The predicted octanol–water partition coefficient (Wildman–Crippen LogP) is 4.23. The fraction of sp³-hybridized carbons (Fsp3) is 0.235. The molecule has 0 atom stereocenters. The largest absolute Gasteiger partial charge is 0.508 e. The number of rotatable bonds is 6. The number of hydrogen-bond acceptors (Lipinski definition) is 3. The molecular formula is C17H18O4. The van der Waals surface area contributed by atoms with Crippen LogP contribution in [-0.2, 0) is 6.42 Å². The number of hydrogen-bond donors (Lipinski definition) is 2. The van der Waals surface area contributed by atoms with Gasteiger partial charge in [-0.1, -0.05) is 31.5 Å². The van der Waals surface area contributed by atoms with E-state index in [1.165, 1.54) is 6.07 Å². The molecule has 2 aromatic rings. The standard InChI is InChI=1S/C17H18O4/c1-2-3-7-12-14(18)9-6-11-15(12)21-16-10-5-4-8-13(16)17(19)20/h4-6,8-11,18H,2-3,7H2,1H3,(H,19,20). The van der Waals surface area contributed by atoms with Gasteiger partial charge in [0.1, 0.15) is 22.8 Å². The number of phenolic OH excluding ortho intramolecular Hbond substituents is 1. The number of unbranched alkanes of at least 4 members (excludes halogenated alkanes) is 1. The van der Waals surface area contributed by atoms with Gasteiger partial charge in [-0.25, -0.2) is 4.79 Å². The fourth-order valence-corrected chi connectivity index (χ4v) is 2.11. The van der Waals surface area contributed by atoms with Crippen molar-refractivity contribution in [1.82, 2.24) is 0 Å². The maximum Gasteiger partial charge on any atom is 0.339 e. The van der Waals surface area contributed by atoms with Gasteiger partial charge >= 0.3 is 5.97 Å². The van der Waals surface area contributed by atoms with E-state index in [2.05, 4.69) is 6.92 Å². The summed E-state index contributed by atoms with van der Waals surface area (Å²) >= 11 is 0. The summed E-state index contributed by atoms with van der Waals surface area (Å²) in [5, 5.41) is 19.2. The van der Waals surface area contributed by atoms with Gasteiger partial charge in [0.15, 0.2) is 0 Å². The fourth-order valence-electron chi connectivity index (χ4n) is 2.11. The summed E-state index contributed by atoms with van der Waals surface area (Å²) in [6, 6.07) is 11.5. The summed E-state index contributed by atoms with van der Waals surface area (Å²) < 4.78 is 5.74. The highest BCUT2D eigenvalue weighted by atomic mass is 16.5. The second kappa shape index (κ2) is 6.79. The minimum absolute atomic E-state index is 0.0993. The van der Waals surface area contributed by atoms with Crippen LogP contribution >= 0.6 is 0 Å². The Labute approximate surface area is 123 Å². The van der Waals surface area contributed by atoms with E-state index in [1.807, 2.05) is 0 Å². The van der Waals surface area contributed by atoms with E-state index in [9.17, 15) is 15.0 Å². The molecule has 21 heavy (non-hydrogen) atoms. The number of benzene rings is 2. The molecule has 0 aliphatic heterocycles. The smallest absolute Gasteiger partial charge is 0.339 e. The van der Waals surface area contributed by atoms with Crippen molar-refractivity contribution in [3.05, 3.63) is 53.6 Å². The minimum atomic E-state index is -1.04. The molecule has 0 fully saturated rings. The third kappa shape index (κ3) is 3.54. The Bertz CT molecular complexity index is 634. The zero-order chi connectivity index (χ0) is 15.2.